The van der Waals surface area contributed by atoms with Crippen molar-refractivity contribution in [1.29, 1.82) is 0 Å². The van der Waals surface area contributed by atoms with Crippen molar-refractivity contribution in [1.82, 2.24) is 0 Å². The second-order valence-corrected chi connectivity index (χ2v) is 6.66. The number of para-hydroxylation sites is 1. The zero-order valence-corrected chi connectivity index (χ0v) is 10.6. The molecule has 2 aliphatic rings. The molecule has 1 fully saturated rings. The van der Waals surface area contributed by atoms with Crippen molar-refractivity contribution in [3.05, 3.63) is 29.8 Å². The van der Waals surface area contributed by atoms with Crippen LogP contribution < -0.4 is 4.74 Å². The lowest BCUT2D eigenvalue weighted by Crippen LogP contribution is -2.69. The number of benzene rings is 1. The molecule has 0 aromatic heterocycles. The largest absolute Gasteiger partial charge is 0.486 e. The average molecular weight is 216 g/mol. The van der Waals surface area contributed by atoms with Crippen LogP contribution in [0.15, 0.2) is 24.3 Å². The fourth-order valence-electron chi connectivity index (χ4n) is 4.20. The molecule has 0 saturated heterocycles. The van der Waals surface area contributed by atoms with E-state index in [1.54, 1.807) is 0 Å². The third kappa shape index (κ3) is 0.971. The predicted octanol–water partition coefficient (Wildman–Crippen LogP) is 3.82. The van der Waals surface area contributed by atoms with Crippen LogP contribution in [0, 0.1) is 10.8 Å². The topological polar surface area (TPSA) is 9.23 Å². The lowest BCUT2D eigenvalue weighted by atomic mass is 9.44. The van der Waals surface area contributed by atoms with E-state index in [0.717, 1.165) is 12.2 Å². The number of rotatable bonds is 0. The molecule has 1 aromatic carbocycles. The summed E-state index contributed by atoms with van der Waals surface area (Å²) in [6.45, 7) is 9.35. The van der Waals surface area contributed by atoms with Gasteiger partial charge in [-0.1, -0.05) is 45.9 Å². The third-order valence-electron chi connectivity index (χ3n) is 4.77. The Morgan fingerprint density at radius 2 is 1.62 bits per heavy atom. The van der Waals surface area contributed by atoms with E-state index < -0.39 is 0 Å². The van der Waals surface area contributed by atoms with Crippen LogP contribution in [0.2, 0.25) is 0 Å². The van der Waals surface area contributed by atoms with Gasteiger partial charge in [0.25, 0.3) is 0 Å². The number of fused-ring (bicyclic) bond motifs is 1. The minimum atomic E-state index is 0.0175. The van der Waals surface area contributed by atoms with E-state index in [4.69, 9.17) is 4.74 Å². The molecule has 1 heteroatoms. The molecule has 1 aliphatic heterocycles. The van der Waals surface area contributed by atoms with Gasteiger partial charge in [-0.05, 0) is 18.1 Å². The predicted molar refractivity (Wildman–Crippen MR) is 65.7 cm³/mol. The van der Waals surface area contributed by atoms with Crippen molar-refractivity contribution in [2.75, 3.05) is 0 Å². The Kier molecular flexibility index (Phi) is 1.68. The fourth-order valence-corrected chi connectivity index (χ4v) is 4.20. The van der Waals surface area contributed by atoms with Crippen LogP contribution in [0.4, 0.5) is 0 Å². The van der Waals surface area contributed by atoms with Gasteiger partial charge in [0.2, 0.25) is 0 Å². The highest BCUT2D eigenvalue weighted by molar-refractivity contribution is 5.43. The molecule has 1 nitrogen and oxygen atoms in total. The molecule has 0 N–H and O–H groups in total. The summed E-state index contributed by atoms with van der Waals surface area (Å²) in [5.41, 5.74) is 1.97. The van der Waals surface area contributed by atoms with Gasteiger partial charge >= 0.3 is 0 Å². The van der Waals surface area contributed by atoms with Crippen molar-refractivity contribution >= 4 is 0 Å². The van der Waals surface area contributed by atoms with E-state index in [0.29, 0.717) is 0 Å². The molecule has 0 unspecified atom stereocenters. The summed E-state index contributed by atoms with van der Waals surface area (Å²) in [6, 6.07) is 8.49. The Morgan fingerprint density at radius 1 is 1.00 bits per heavy atom. The van der Waals surface area contributed by atoms with Gasteiger partial charge < -0.3 is 4.74 Å². The Morgan fingerprint density at radius 3 is 2.19 bits per heavy atom. The molecule has 0 atom stereocenters. The Labute approximate surface area is 97.8 Å². The standard InChI is InChI=1S/C15H20O/c1-13(2)10-14(3,4)15(13)9-11-7-5-6-8-12(11)16-15/h5-8H,9-10H2,1-4H3. The van der Waals surface area contributed by atoms with Gasteiger partial charge in [0.15, 0.2) is 0 Å². The fraction of sp³-hybridized carbons (Fsp3) is 0.600. The molecule has 3 rings (SSSR count). The summed E-state index contributed by atoms with van der Waals surface area (Å²) in [4.78, 5) is 0. The van der Waals surface area contributed by atoms with Crippen molar-refractivity contribution in [3.63, 3.8) is 0 Å². The van der Waals surface area contributed by atoms with Crippen LogP contribution in [0.1, 0.15) is 39.7 Å². The molecule has 1 spiro atoms. The first-order chi connectivity index (χ1) is 7.38. The van der Waals surface area contributed by atoms with Crippen molar-refractivity contribution < 1.29 is 4.74 Å². The van der Waals surface area contributed by atoms with E-state index in [1.165, 1.54) is 12.0 Å². The van der Waals surface area contributed by atoms with Crippen LogP contribution in [0.5, 0.6) is 5.75 Å². The van der Waals surface area contributed by atoms with Crippen molar-refractivity contribution in [3.8, 4) is 5.75 Å². The van der Waals surface area contributed by atoms with Gasteiger partial charge in [0.1, 0.15) is 11.4 Å². The Bertz CT molecular complexity index is 402. The monoisotopic (exact) mass is 216 g/mol. The van der Waals surface area contributed by atoms with Gasteiger partial charge in [-0.2, -0.15) is 0 Å². The zero-order chi connectivity index (χ0) is 11.6. The van der Waals surface area contributed by atoms with Crippen molar-refractivity contribution in [2.45, 2.75) is 46.1 Å². The maximum Gasteiger partial charge on any atom is 0.123 e. The highest BCUT2D eigenvalue weighted by atomic mass is 16.5. The van der Waals surface area contributed by atoms with Crippen LogP contribution in [-0.2, 0) is 6.42 Å². The quantitative estimate of drug-likeness (QED) is 0.640. The highest BCUT2D eigenvalue weighted by Crippen LogP contribution is 2.66. The van der Waals surface area contributed by atoms with Crippen molar-refractivity contribution in [2.24, 2.45) is 10.8 Å². The van der Waals surface area contributed by atoms with E-state index in [1.807, 2.05) is 0 Å². The number of ether oxygens (including phenoxy) is 1. The van der Waals surface area contributed by atoms with Crippen LogP contribution in [0.3, 0.4) is 0 Å². The van der Waals surface area contributed by atoms with Gasteiger partial charge in [-0.15, -0.1) is 0 Å². The highest BCUT2D eigenvalue weighted by Gasteiger charge is 2.69. The Balaban J connectivity index is 2.06. The maximum absolute atomic E-state index is 6.36. The summed E-state index contributed by atoms with van der Waals surface area (Å²) >= 11 is 0. The first-order valence-electron chi connectivity index (χ1n) is 6.15. The summed E-state index contributed by atoms with van der Waals surface area (Å²) < 4.78 is 6.36. The first kappa shape index (κ1) is 10.2. The van der Waals surface area contributed by atoms with E-state index in [9.17, 15) is 0 Å². The molecule has 0 bridgehead atoms. The minimum absolute atomic E-state index is 0.0175. The molecule has 1 saturated carbocycles. The average Bonchev–Trinajstić information content (AvgIpc) is 2.58. The van der Waals surface area contributed by atoms with E-state index in [-0.39, 0.29) is 16.4 Å². The summed E-state index contributed by atoms with van der Waals surface area (Å²) in [5.74, 6) is 1.10. The molecule has 1 aromatic rings. The second kappa shape index (κ2) is 2.64. The molecule has 1 aliphatic carbocycles. The lowest BCUT2D eigenvalue weighted by molar-refractivity contribution is -0.217. The molecule has 16 heavy (non-hydrogen) atoms. The van der Waals surface area contributed by atoms with Crippen LogP contribution >= 0.6 is 0 Å². The van der Waals surface area contributed by atoms with Gasteiger partial charge in [-0.25, -0.2) is 0 Å². The maximum atomic E-state index is 6.36. The van der Waals surface area contributed by atoms with Gasteiger partial charge in [-0.3, -0.25) is 0 Å². The molecular formula is C15H20O. The van der Waals surface area contributed by atoms with E-state index >= 15 is 0 Å². The van der Waals surface area contributed by atoms with Crippen LogP contribution in [-0.4, -0.2) is 5.60 Å². The SMILES string of the molecule is CC1(C)CC(C)(C)C12Cc1ccccc1O2. The molecular weight excluding hydrogens is 196 g/mol. The number of hydrogen-bond donors (Lipinski definition) is 0. The lowest BCUT2D eigenvalue weighted by Gasteiger charge is -2.64. The smallest absolute Gasteiger partial charge is 0.123 e. The molecule has 0 radical (unpaired) electrons. The molecule has 0 amide bonds. The third-order valence-corrected chi connectivity index (χ3v) is 4.77. The minimum Gasteiger partial charge on any atom is -0.486 e. The summed E-state index contributed by atoms with van der Waals surface area (Å²) in [6.07, 6.45) is 2.32. The Hall–Kier alpha value is -0.980. The summed E-state index contributed by atoms with van der Waals surface area (Å²) in [7, 11) is 0. The van der Waals surface area contributed by atoms with E-state index in [2.05, 4.69) is 52.0 Å². The zero-order valence-electron chi connectivity index (χ0n) is 10.6. The first-order valence-corrected chi connectivity index (χ1v) is 6.15. The second-order valence-electron chi connectivity index (χ2n) is 6.66. The molecule has 86 valence electrons. The number of hydrogen-bond acceptors (Lipinski definition) is 1. The molecule has 1 heterocycles. The van der Waals surface area contributed by atoms with Gasteiger partial charge in [0.05, 0.1) is 0 Å². The summed E-state index contributed by atoms with van der Waals surface area (Å²) in [5, 5.41) is 0. The van der Waals surface area contributed by atoms with Gasteiger partial charge in [0, 0.05) is 17.3 Å². The van der Waals surface area contributed by atoms with Crippen LogP contribution in [0.25, 0.3) is 0 Å². The normalized spacial score (nSPS) is 27.0.